The molecule has 2 N–H and O–H groups in total. The first-order valence-electron chi connectivity index (χ1n) is 10.00. The number of carbonyl (C=O) groups excluding carboxylic acids is 1. The van der Waals surface area contributed by atoms with E-state index in [1.165, 1.54) is 17.8 Å². The van der Waals surface area contributed by atoms with Gasteiger partial charge in [-0.1, -0.05) is 30.3 Å². The van der Waals surface area contributed by atoms with Crippen LogP contribution in [0.5, 0.6) is 0 Å². The average molecular weight is 397 g/mol. The Morgan fingerprint density at radius 1 is 1.03 bits per heavy atom. The Bertz CT molecular complexity index is 819. The summed E-state index contributed by atoms with van der Waals surface area (Å²) in [5, 5.41) is 6.21. The first-order valence-corrected chi connectivity index (χ1v) is 10.00. The molecule has 0 aromatic heterocycles. The summed E-state index contributed by atoms with van der Waals surface area (Å²) in [7, 11) is 0. The Balaban J connectivity index is 1.48. The summed E-state index contributed by atoms with van der Waals surface area (Å²) in [5.41, 5.74) is 1.97. The van der Waals surface area contributed by atoms with Gasteiger partial charge in [-0.15, -0.1) is 0 Å². The lowest BCUT2D eigenvalue weighted by Crippen LogP contribution is -2.52. The smallest absolute Gasteiger partial charge is 0.242 e. The van der Waals surface area contributed by atoms with Crippen LogP contribution in [0.15, 0.2) is 59.6 Å². The Kier molecular flexibility index (Phi) is 7.44. The van der Waals surface area contributed by atoms with Crippen LogP contribution in [0, 0.1) is 5.82 Å². The Morgan fingerprint density at radius 2 is 1.79 bits per heavy atom. The summed E-state index contributed by atoms with van der Waals surface area (Å²) >= 11 is 0. The minimum absolute atomic E-state index is 0.0501. The van der Waals surface area contributed by atoms with Crippen LogP contribution < -0.4 is 15.5 Å². The quantitative estimate of drug-likeness (QED) is 0.580. The van der Waals surface area contributed by atoms with Crippen molar-refractivity contribution < 1.29 is 9.18 Å². The first kappa shape index (κ1) is 20.6. The molecular formula is C22H28FN5O. The maximum Gasteiger partial charge on any atom is 0.242 e. The van der Waals surface area contributed by atoms with Gasteiger partial charge < -0.3 is 20.4 Å². The van der Waals surface area contributed by atoms with Crippen molar-refractivity contribution in [1.82, 2.24) is 15.5 Å². The van der Waals surface area contributed by atoms with E-state index in [1.54, 1.807) is 6.07 Å². The van der Waals surface area contributed by atoms with Crippen LogP contribution >= 0.6 is 0 Å². The maximum absolute atomic E-state index is 13.3. The molecule has 6 nitrogen and oxygen atoms in total. The van der Waals surface area contributed by atoms with Crippen LogP contribution in [-0.2, 0) is 11.3 Å². The highest BCUT2D eigenvalue weighted by molar-refractivity contribution is 5.86. The van der Waals surface area contributed by atoms with Crippen molar-refractivity contribution in [3.63, 3.8) is 0 Å². The van der Waals surface area contributed by atoms with Gasteiger partial charge in [0, 0.05) is 38.4 Å². The second-order valence-electron chi connectivity index (χ2n) is 6.88. The predicted molar refractivity (Wildman–Crippen MR) is 114 cm³/mol. The first-order chi connectivity index (χ1) is 14.2. The summed E-state index contributed by atoms with van der Waals surface area (Å²) in [5.74, 6) is 0.322. The van der Waals surface area contributed by atoms with Crippen molar-refractivity contribution in [2.45, 2.75) is 13.5 Å². The molecule has 154 valence electrons. The Hall–Kier alpha value is -3.09. The zero-order valence-corrected chi connectivity index (χ0v) is 16.8. The number of nitrogens with one attached hydrogen (secondary N) is 2. The molecule has 0 unspecified atom stereocenters. The summed E-state index contributed by atoms with van der Waals surface area (Å²) < 4.78 is 13.3. The number of benzene rings is 2. The van der Waals surface area contributed by atoms with Gasteiger partial charge in [0.05, 0.1) is 13.1 Å². The fourth-order valence-corrected chi connectivity index (χ4v) is 3.27. The minimum Gasteiger partial charge on any atom is -0.368 e. The van der Waals surface area contributed by atoms with Gasteiger partial charge >= 0.3 is 0 Å². The number of amides is 1. The molecule has 0 aliphatic carbocycles. The topological polar surface area (TPSA) is 60.0 Å². The monoisotopic (exact) mass is 397 g/mol. The van der Waals surface area contributed by atoms with Gasteiger partial charge in [-0.25, -0.2) is 9.38 Å². The molecule has 1 aliphatic rings. The highest BCUT2D eigenvalue weighted by atomic mass is 19.1. The standard InChI is InChI=1S/C22H28FN5O/c1-2-24-22(25-16-18-7-6-8-19(23)15-18)26-17-21(29)28-13-11-27(12-14-28)20-9-4-3-5-10-20/h3-10,15H,2,11-14,16-17H2,1H3,(H2,24,25,26). The summed E-state index contributed by atoms with van der Waals surface area (Å²) in [4.78, 5) is 21.2. The van der Waals surface area contributed by atoms with Crippen molar-refractivity contribution in [1.29, 1.82) is 0 Å². The Morgan fingerprint density at radius 3 is 2.48 bits per heavy atom. The van der Waals surface area contributed by atoms with Crippen molar-refractivity contribution >= 4 is 17.6 Å². The van der Waals surface area contributed by atoms with Crippen molar-refractivity contribution in [3.8, 4) is 0 Å². The van der Waals surface area contributed by atoms with Gasteiger partial charge in [0.15, 0.2) is 5.96 Å². The molecule has 0 saturated carbocycles. The molecule has 3 rings (SSSR count). The molecule has 1 aliphatic heterocycles. The molecule has 1 saturated heterocycles. The number of nitrogens with zero attached hydrogens (tertiary/aromatic N) is 3. The van der Waals surface area contributed by atoms with Gasteiger partial charge in [0.2, 0.25) is 5.91 Å². The normalized spacial score (nSPS) is 14.6. The SMILES string of the molecule is CCNC(=NCc1cccc(F)c1)NCC(=O)N1CCN(c2ccccc2)CC1. The molecule has 0 bridgehead atoms. The summed E-state index contributed by atoms with van der Waals surface area (Å²) in [6, 6.07) is 16.6. The van der Waals surface area contributed by atoms with E-state index in [0.29, 0.717) is 32.1 Å². The maximum atomic E-state index is 13.3. The highest BCUT2D eigenvalue weighted by Crippen LogP contribution is 2.15. The van der Waals surface area contributed by atoms with E-state index < -0.39 is 0 Å². The number of hydrogen-bond donors (Lipinski definition) is 2. The van der Waals surface area contributed by atoms with Gasteiger partial charge in [-0.05, 0) is 36.8 Å². The van der Waals surface area contributed by atoms with Crippen molar-refractivity contribution in [3.05, 3.63) is 66.0 Å². The van der Waals surface area contributed by atoms with E-state index >= 15 is 0 Å². The molecule has 0 spiro atoms. The fraction of sp³-hybridized carbons (Fsp3) is 0.364. The van der Waals surface area contributed by atoms with E-state index in [1.807, 2.05) is 36.1 Å². The van der Waals surface area contributed by atoms with Gasteiger partial charge in [-0.3, -0.25) is 4.79 Å². The molecule has 2 aromatic rings. The lowest BCUT2D eigenvalue weighted by Gasteiger charge is -2.36. The van der Waals surface area contributed by atoms with E-state index in [4.69, 9.17) is 0 Å². The number of halogens is 1. The summed E-state index contributed by atoms with van der Waals surface area (Å²) in [6.07, 6.45) is 0. The number of piperazine rings is 1. The number of hydrogen-bond acceptors (Lipinski definition) is 3. The molecule has 1 fully saturated rings. The van der Waals surface area contributed by atoms with Crippen molar-refractivity contribution in [2.75, 3.05) is 44.2 Å². The number of carbonyl (C=O) groups is 1. The van der Waals surface area contributed by atoms with E-state index in [-0.39, 0.29) is 18.3 Å². The Labute approximate surface area is 171 Å². The van der Waals surface area contributed by atoms with E-state index in [9.17, 15) is 9.18 Å². The molecule has 0 atom stereocenters. The number of rotatable bonds is 6. The number of para-hydroxylation sites is 1. The average Bonchev–Trinajstić information content (AvgIpc) is 2.76. The number of aliphatic imine (C=N–C) groups is 1. The molecule has 29 heavy (non-hydrogen) atoms. The van der Waals surface area contributed by atoms with Crippen LogP contribution in [0.3, 0.4) is 0 Å². The third kappa shape index (κ3) is 6.20. The zero-order chi connectivity index (χ0) is 20.5. The second-order valence-corrected chi connectivity index (χ2v) is 6.88. The lowest BCUT2D eigenvalue weighted by molar-refractivity contribution is -0.130. The van der Waals surface area contributed by atoms with Crippen LogP contribution in [0.4, 0.5) is 10.1 Å². The molecule has 1 amide bonds. The highest BCUT2D eigenvalue weighted by Gasteiger charge is 2.21. The lowest BCUT2D eigenvalue weighted by atomic mass is 10.2. The number of guanidine groups is 1. The van der Waals surface area contributed by atoms with Gasteiger partial charge in [0.25, 0.3) is 0 Å². The fourth-order valence-electron chi connectivity index (χ4n) is 3.27. The summed E-state index contributed by atoms with van der Waals surface area (Å²) in [6.45, 7) is 6.21. The van der Waals surface area contributed by atoms with E-state index in [2.05, 4.69) is 32.7 Å². The van der Waals surface area contributed by atoms with E-state index in [0.717, 1.165) is 18.7 Å². The van der Waals surface area contributed by atoms with Gasteiger partial charge in [0.1, 0.15) is 5.82 Å². The van der Waals surface area contributed by atoms with Crippen molar-refractivity contribution in [2.24, 2.45) is 4.99 Å². The van der Waals surface area contributed by atoms with Gasteiger partial charge in [-0.2, -0.15) is 0 Å². The largest absolute Gasteiger partial charge is 0.368 e. The molecule has 0 radical (unpaired) electrons. The molecule has 7 heteroatoms. The van der Waals surface area contributed by atoms with Crippen LogP contribution in [-0.4, -0.2) is 56.0 Å². The third-order valence-electron chi connectivity index (χ3n) is 4.81. The molecule has 1 heterocycles. The van der Waals surface area contributed by atoms with Crippen LogP contribution in [0.25, 0.3) is 0 Å². The number of anilines is 1. The second kappa shape index (κ2) is 10.5. The van der Waals surface area contributed by atoms with Crippen LogP contribution in [0.1, 0.15) is 12.5 Å². The van der Waals surface area contributed by atoms with Crippen LogP contribution in [0.2, 0.25) is 0 Å². The molecule has 2 aromatic carbocycles. The zero-order valence-electron chi connectivity index (χ0n) is 16.8. The predicted octanol–water partition coefficient (Wildman–Crippen LogP) is 2.23. The third-order valence-corrected chi connectivity index (χ3v) is 4.81. The minimum atomic E-state index is -0.277. The molecular weight excluding hydrogens is 369 g/mol.